The smallest absolute Gasteiger partial charge is 0.384 e. The largest absolute Gasteiger partial charge is 0.416 e. The fourth-order valence-electron chi connectivity index (χ4n) is 3.42. The van der Waals surface area contributed by atoms with E-state index in [1.165, 1.54) is 29.2 Å². The molecule has 32 heavy (non-hydrogen) atoms. The quantitative estimate of drug-likeness (QED) is 0.569. The van der Waals surface area contributed by atoms with Gasteiger partial charge in [-0.15, -0.1) is 0 Å². The summed E-state index contributed by atoms with van der Waals surface area (Å²) in [6.45, 7) is 6.03. The zero-order chi connectivity index (χ0) is 23.5. The van der Waals surface area contributed by atoms with Crippen LogP contribution in [-0.4, -0.2) is 32.2 Å². The van der Waals surface area contributed by atoms with Gasteiger partial charge in [-0.3, -0.25) is 4.79 Å². The van der Waals surface area contributed by atoms with Gasteiger partial charge in [0.05, 0.1) is 16.8 Å². The number of nitrogens with zero attached hydrogens (tertiary/aromatic N) is 4. The summed E-state index contributed by atoms with van der Waals surface area (Å²) in [7, 11) is 0. The maximum atomic E-state index is 12.9. The van der Waals surface area contributed by atoms with Crippen LogP contribution in [-0.2, 0) is 6.18 Å². The number of anilines is 1. The van der Waals surface area contributed by atoms with Crippen LogP contribution in [0.25, 0.3) is 5.95 Å². The molecule has 3 rings (SSSR count). The first-order chi connectivity index (χ1) is 15.0. The number of aromatic nitrogens is 4. The van der Waals surface area contributed by atoms with E-state index in [4.69, 9.17) is 5.73 Å². The van der Waals surface area contributed by atoms with E-state index >= 15 is 0 Å². The Balaban J connectivity index is 1.74. The molecule has 0 saturated heterocycles. The van der Waals surface area contributed by atoms with Gasteiger partial charge in [0.2, 0.25) is 0 Å². The van der Waals surface area contributed by atoms with Crippen molar-refractivity contribution in [2.75, 3.05) is 12.3 Å². The Morgan fingerprint density at radius 3 is 2.47 bits per heavy atom. The van der Waals surface area contributed by atoms with E-state index in [-0.39, 0.29) is 30.1 Å². The van der Waals surface area contributed by atoms with Crippen LogP contribution in [0.1, 0.15) is 53.4 Å². The molecule has 0 fully saturated rings. The number of halogens is 3. The Kier molecular flexibility index (Phi) is 6.81. The molecule has 0 aliphatic heterocycles. The number of carbonyl (C=O) groups excluding carboxylic acids is 1. The van der Waals surface area contributed by atoms with Gasteiger partial charge in [0.15, 0.2) is 0 Å². The van der Waals surface area contributed by atoms with E-state index in [0.717, 1.165) is 17.7 Å². The SMILES string of the molecule is Cc1nn(-c2nccc(N)n2)cc1C(=O)NCC(CC(C)C)c1ccc(C(F)(F)F)cc1. The molecule has 7 nitrogen and oxygen atoms in total. The molecule has 0 aliphatic rings. The fourth-order valence-corrected chi connectivity index (χ4v) is 3.42. The Labute approximate surface area is 183 Å². The zero-order valence-corrected chi connectivity index (χ0v) is 18.0. The van der Waals surface area contributed by atoms with Crippen LogP contribution in [0, 0.1) is 12.8 Å². The van der Waals surface area contributed by atoms with Gasteiger partial charge in [-0.05, 0) is 43.0 Å². The number of amides is 1. The average molecular weight is 446 g/mol. The molecule has 2 heterocycles. The summed E-state index contributed by atoms with van der Waals surface area (Å²) in [4.78, 5) is 21.0. The normalized spacial score (nSPS) is 12.7. The molecule has 3 N–H and O–H groups in total. The van der Waals surface area contributed by atoms with Crippen LogP contribution in [0.4, 0.5) is 19.0 Å². The van der Waals surface area contributed by atoms with Crippen molar-refractivity contribution in [1.29, 1.82) is 0 Å². The third-order valence-electron chi connectivity index (χ3n) is 4.99. The van der Waals surface area contributed by atoms with E-state index < -0.39 is 11.7 Å². The lowest BCUT2D eigenvalue weighted by Crippen LogP contribution is -2.29. The van der Waals surface area contributed by atoms with Gasteiger partial charge in [0.1, 0.15) is 5.82 Å². The van der Waals surface area contributed by atoms with Crippen molar-refractivity contribution in [3.05, 3.63) is 65.1 Å². The third kappa shape index (κ3) is 5.63. The second-order valence-electron chi connectivity index (χ2n) is 8.01. The maximum Gasteiger partial charge on any atom is 0.416 e. The number of hydrogen-bond acceptors (Lipinski definition) is 5. The lowest BCUT2D eigenvalue weighted by Gasteiger charge is -2.21. The number of nitrogen functional groups attached to an aromatic ring is 1. The van der Waals surface area contributed by atoms with E-state index in [2.05, 4.69) is 20.4 Å². The fraction of sp³-hybridized carbons (Fsp3) is 0.364. The molecule has 0 saturated carbocycles. The number of hydrogen-bond donors (Lipinski definition) is 2. The lowest BCUT2D eigenvalue weighted by molar-refractivity contribution is -0.137. The highest BCUT2D eigenvalue weighted by Gasteiger charge is 2.30. The molecule has 0 aliphatic carbocycles. The van der Waals surface area contributed by atoms with E-state index in [9.17, 15) is 18.0 Å². The Morgan fingerprint density at radius 1 is 1.19 bits per heavy atom. The molecule has 0 radical (unpaired) electrons. The third-order valence-corrected chi connectivity index (χ3v) is 4.99. The Bertz CT molecular complexity index is 1080. The molecule has 0 spiro atoms. The number of aryl methyl sites for hydroxylation is 1. The van der Waals surface area contributed by atoms with Crippen molar-refractivity contribution in [1.82, 2.24) is 25.1 Å². The lowest BCUT2D eigenvalue weighted by atomic mass is 9.89. The van der Waals surface area contributed by atoms with Crippen molar-refractivity contribution in [2.45, 2.75) is 39.3 Å². The number of nitrogens with one attached hydrogen (secondary N) is 1. The second-order valence-corrected chi connectivity index (χ2v) is 8.01. The van der Waals surface area contributed by atoms with Gasteiger partial charge < -0.3 is 11.1 Å². The molecule has 170 valence electrons. The topological polar surface area (TPSA) is 98.7 Å². The van der Waals surface area contributed by atoms with Crippen molar-refractivity contribution >= 4 is 11.7 Å². The Morgan fingerprint density at radius 2 is 1.88 bits per heavy atom. The summed E-state index contributed by atoms with van der Waals surface area (Å²) >= 11 is 0. The van der Waals surface area contributed by atoms with Crippen molar-refractivity contribution in [3.8, 4) is 5.95 Å². The minimum Gasteiger partial charge on any atom is -0.384 e. The maximum absolute atomic E-state index is 12.9. The molecule has 0 bridgehead atoms. The first kappa shape index (κ1) is 23.2. The molecule has 1 atom stereocenters. The van der Waals surface area contributed by atoms with Gasteiger partial charge in [-0.2, -0.15) is 23.3 Å². The predicted octanol–water partition coefficient (Wildman–Crippen LogP) is 4.13. The highest BCUT2D eigenvalue weighted by Crippen LogP contribution is 2.31. The number of carbonyl (C=O) groups is 1. The van der Waals surface area contributed by atoms with Crippen molar-refractivity contribution in [3.63, 3.8) is 0 Å². The van der Waals surface area contributed by atoms with Gasteiger partial charge >= 0.3 is 6.18 Å². The number of alkyl halides is 3. The number of nitrogens with two attached hydrogens (primary N) is 1. The highest BCUT2D eigenvalue weighted by molar-refractivity contribution is 5.95. The van der Waals surface area contributed by atoms with Crippen LogP contribution in [0.3, 0.4) is 0 Å². The number of benzene rings is 1. The Hall–Kier alpha value is -3.43. The van der Waals surface area contributed by atoms with E-state index in [0.29, 0.717) is 23.6 Å². The number of rotatable bonds is 7. The van der Waals surface area contributed by atoms with Gasteiger partial charge in [-0.25, -0.2) is 9.67 Å². The standard InChI is InChI=1S/C22H25F3N6O/c1-13(2)10-16(15-4-6-17(7-5-15)22(23,24)25)11-28-20(32)18-12-31(30-14(18)3)21-27-9-8-19(26)29-21/h4-9,12-13,16H,10-11H2,1-3H3,(H,28,32)(H2,26,27,29). The molecule has 1 aromatic carbocycles. The van der Waals surface area contributed by atoms with Gasteiger partial charge in [0, 0.05) is 24.9 Å². The van der Waals surface area contributed by atoms with Crippen LogP contribution in [0.5, 0.6) is 0 Å². The predicted molar refractivity (Wildman–Crippen MR) is 114 cm³/mol. The average Bonchev–Trinajstić information content (AvgIpc) is 3.12. The summed E-state index contributed by atoms with van der Waals surface area (Å²) in [6.07, 6.45) is -0.657. The minimum atomic E-state index is -4.38. The molecular weight excluding hydrogens is 421 g/mol. The monoisotopic (exact) mass is 446 g/mol. The summed E-state index contributed by atoms with van der Waals surface area (Å²) in [5.74, 6) is 0.355. The minimum absolute atomic E-state index is 0.131. The molecule has 2 aromatic heterocycles. The second kappa shape index (κ2) is 9.37. The molecule has 1 amide bonds. The van der Waals surface area contributed by atoms with E-state index in [1.807, 2.05) is 13.8 Å². The van der Waals surface area contributed by atoms with Crippen LogP contribution < -0.4 is 11.1 Å². The molecular formula is C22H25F3N6O. The summed E-state index contributed by atoms with van der Waals surface area (Å²) in [5.41, 5.74) is 6.57. The van der Waals surface area contributed by atoms with Crippen LogP contribution in [0.2, 0.25) is 0 Å². The van der Waals surface area contributed by atoms with Gasteiger partial charge in [-0.1, -0.05) is 26.0 Å². The van der Waals surface area contributed by atoms with E-state index in [1.54, 1.807) is 13.0 Å². The summed E-state index contributed by atoms with van der Waals surface area (Å²) in [5, 5.41) is 7.16. The molecule has 3 aromatic rings. The highest BCUT2D eigenvalue weighted by atomic mass is 19.4. The first-order valence-electron chi connectivity index (χ1n) is 10.1. The summed E-state index contributed by atoms with van der Waals surface area (Å²) in [6, 6.07) is 6.64. The molecule has 10 heteroatoms. The van der Waals surface area contributed by atoms with Crippen molar-refractivity contribution < 1.29 is 18.0 Å². The van der Waals surface area contributed by atoms with Gasteiger partial charge in [0.25, 0.3) is 11.9 Å². The summed E-state index contributed by atoms with van der Waals surface area (Å²) < 4.78 is 40.0. The van der Waals surface area contributed by atoms with Crippen molar-refractivity contribution in [2.24, 2.45) is 5.92 Å². The zero-order valence-electron chi connectivity index (χ0n) is 18.0. The van der Waals surface area contributed by atoms with Crippen LogP contribution in [0.15, 0.2) is 42.7 Å². The first-order valence-corrected chi connectivity index (χ1v) is 10.1. The molecule has 1 unspecified atom stereocenters. The van der Waals surface area contributed by atoms with Crippen LogP contribution >= 0.6 is 0 Å².